The molecule has 0 bridgehead atoms. The minimum Gasteiger partial charge on any atom is -0.491 e. The molecule has 4 nitrogen and oxygen atoms in total. The van der Waals surface area contributed by atoms with E-state index in [1.807, 2.05) is 13.0 Å². The van der Waals surface area contributed by atoms with Gasteiger partial charge in [-0.1, -0.05) is 6.07 Å². The predicted octanol–water partition coefficient (Wildman–Crippen LogP) is 3.46. The summed E-state index contributed by atoms with van der Waals surface area (Å²) in [6.07, 6.45) is 0. The first-order valence-electron chi connectivity index (χ1n) is 7.52. The first-order chi connectivity index (χ1) is 11.1. The van der Waals surface area contributed by atoms with Crippen LogP contribution < -0.4 is 15.4 Å². The first-order valence-corrected chi connectivity index (χ1v) is 8.40. The van der Waals surface area contributed by atoms with Gasteiger partial charge in [-0.05, 0) is 48.6 Å². The lowest BCUT2D eigenvalue weighted by atomic mass is 10.2. The zero-order chi connectivity index (χ0) is 16.7. The third kappa shape index (κ3) is 4.96. The average Bonchev–Trinajstić information content (AvgIpc) is 2.95. The van der Waals surface area contributed by atoms with E-state index in [1.54, 1.807) is 24.5 Å². The summed E-state index contributed by atoms with van der Waals surface area (Å²) in [5.74, 6) is 0.627. The number of hydrogen-bond acceptors (Lipinski definition) is 3. The number of benzene rings is 1. The molecule has 6 heteroatoms. The maximum atomic E-state index is 13.8. The molecule has 1 aromatic carbocycles. The van der Waals surface area contributed by atoms with Gasteiger partial charge in [0, 0.05) is 18.5 Å². The summed E-state index contributed by atoms with van der Waals surface area (Å²) in [5, 5.41) is 8.52. The Kier molecular flexibility index (Phi) is 6.40. The molecule has 0 spiro atoms. The van der Waals surface area contributed by atoms with Gasteiger partial charge in [-0.3, -0.25) is 4.99 Å². The first kappa shape index (κ1) is 17.3. The van der Waals surface area contributed by atoms with Crippen LogP contribution >= 0.6 is 11.3 Å². The molecule has 0 aliphatic rings. The monoisotopic (exact) mass is 335 g/mol. The van der Waals surface area contributed by atoms with Gasteiger partial charge in [0.05, 0.1) is 13.2 Å². The van der Waals surface area contributed by atoms with Crippen molar-refractivity contribution in [2.24, 2.45) is 4.99 Å². The number of guanidine groups is 1. The zero-order valence-electron chi connectivity index (χ0n) is 13.6. The van der Waals surface area contributed by atoms with Crippen molar-refractivity contribution in [2.45, 2.75) is 26.9 Å². The van der Waals surface area contributed by atoms with E-state index in [4.69, 9.17) is 4.74 Å². The lowest BCUT2D eigenvalue weighted by molar-refractivity contribution is 0.321. The van der Waals surface area contributed by atoms with Gasteiger partial charge in [-0.25, -0.2) is 4.39 Å². The molecule has 0 unspecified atom stereocenters. The minimum absolute atomic E-state index is 0.284. The number of ether oxygens (including phenoxy) is 1. The molecule has 124 valence electrons. The van der Waals surface area contributed by atoms with Gasteiger partial charge in [0.25, 0.3) is 0 Å². The molecular formula is C17H22FN3OS. The number of thiophene rings is 1. The second-order valence-corrected chi connectivity index (χ2v) is 6.00. The Morgan fingerprint density at radius 2 is 2.04 bits per heavy atom. The predicted molar refractivity (Wildman–Crippen MR) is 93.7 cm³/mol. The molecule has 2 aromatic rings. The van der Waals surface area contributed by atoms with E-state index in [2.05, 4.69) is 34.0 Å². The van der Waals surface area contributed by atoms with Crippen molar-refractivity contribution in [3.8, 4) is 5.75 Å². The lowest BCUT2D eigenvalue weighted by Crippen LogP contribution is -2.36. The van der Waals surface area contributed by atoms with Crippen LogP contribution in [0.4, 0.5) is 4.39 Å². The third-order valence-electron chi connectivity index (χ3n) is 3.36. The van der Waals surface area contributed by atoms with Crippen molar-refractivity contribution in [3.63, 3.8) is 0 Å². The highest BCUT2D eigenvalue weighted by atomic mass is 32.1. The van der Waals surface area contributed by atoms with Crippen LogP contribution in [0.15, 0.2) is 34.6 Å². The lowest BCUT2D eigenvalue weighted by Gasteiger charge is -2.12. The molecule has 1 aromatic heterocycles. The number of nitrogens with zero attached hydrogens (tertiary/aromatic N) is 1. The summed E-state index contributed by atoms with van der Waals surface area (Å²) in [7, 11) is 1.72. The largest absolute Gasteiger partial charge is 0.491 e. The molecule has 0 saturated carbocycles. The number of nitrogens with one attached hydrogen (secondary N) is 2. The highest BCUT2D eigenvalue weighted by molar-refractivity contribution is 7.10. The Bertz CT molecular complexity index is 670. The standard InChI is InChI=1S/C17H22FN3OS/c1-4-22-15-6-5-13(9-14(15)18)10-20-17(19-3)21-11-16-12(2)7-8-23-16/h5-9H,4,10-11H2,1-3H3,(H2,19,20,21). The van der Waals surface area contributed by atoms with Gasteiger partial charge in [0.2, 0.25) is 0 Å². The van der Waals surface area contributed by atoms with Crippen LogP contribution in [0.5, 0.6) is 5.75 Å². The smallest absolute Gasteiger partial charge is 0.191 e. The SMILES string of the molecule is CCOc1ccc(CNC(=NC)NCc2sccc2C)cc1F. The van der Waals surface area contributed by atoms with E-state index in [1.165, 1.54) is 16.5 Å². The van der Waals surface area contributed by atoms with Crippen LogP contribution in [0, 0.1) is 12.7 Å². The maximum Gasteiger partial charge on any atom is 0.191 e. The van der Waals surface area contributed by atoms with Crippen LogP contribution in [-0.4, -0.2) is 19.6 Å². The van der Waals surface area contributed by atoms with E-state index in [-0.39, 0.29) is 11.6 Å². The molecule has 2 rings (SSSR count). The quantitative estimate of drug-likeness (QED) is 0.628. The van der Waals surface area contributed by atoms with Gasteiger partial charge >= 0.3 is 0 Å². The van der Waals surface area contributed by atoms with Crippen LogP contribution in [0.1, 0.15) is 22.9 Å². The van der Waals surface area contributed by atoms with Gasteiger partial charge in [0.1, 0.15) is 0 Å². The Labute approximate surface area is 140 Å². The van der Waals surface area contributed by atoms with Crippen LogP contribution in [0.3, 0.4) is 0 Å². The van der Waals surface area contributed by atoms with Crippen molar-refractivity contribution in [2.75, 3.05) is 13.7 Å². The van der Waals surface area contributed by atoms with Crippen molar-refractivity contribution >= 4 is 17.3 Å². The summed E-state index contributed by atoms with van der Waals surface area (Å²) in [4.78, 5) is 5.46. The normalized spacial score (nSPS) is 11.4. The summed E-state index contributed by atoms with van der Waals surface area (Å²) < 4.78 is 19.0. The van der Waals surface area contributed by atoms with E-state index in [9.17, 15) is 4.39 Å². The van der Waals surface area contributed by atoms with Gasteiger partial charge in [-0.15, -0.1) is 11.3 Å². The zero-order valence-corrected chi connectivity index (χ0v) is 14.5. The van der Waals surface area contributed by atoms with Crippen LogP contribution in [0.25, 0.3) is 0 Å². The van der Waals surface area contributed by atoms with Crippen molar-refractivity contribution in [3.05, 3.63) is 51.5 Å². The van der Waals surface area contributed by atoms with Gasteiger partial charge in [0.15, 0.2) is 17.5 Å². The van der Waals surface area contributed by atoms with Gasteiger partial charge in [-0.2, -0.15) is 0 Å². The highest BCUT2D eigenvalue weighted by Crippen LogP contribution is 2.18. The number of aryl methyl sites for hydroxylation is 1. The molecule has 1 heterocycles. The average molecular weight is 335 g/mol. The fourth-order valence-corrected chi connectivity index (χ4v) is 2.93. The number of hydrogen-bond donors (Lipinski definition) is 2. The molecule has 0 aliphatic heterocycles. The Morgan fingerprint density at radius 3 is 2.65 bits per heavy atom. The van der Waals surface area contributed by atoms with E-state index >= 15 is 0 Å². The number of rotatable bonds is 6. The van der Waals surface area contributed by atoms with Crippen molar-refractivity contribution in [1.29, 1.82) is 0 Å². The molecular weight excluding hydrogens is 313 g/mol. The summed E-state index contributed by atoms with van der Waals surface area (Å²) >= 11 is 1.72. The summed E-state index contributed by atoms with van der Waals surface area (Å²) in [5.41, 5.74) is 2.10. The van der Waals surface area contributed by atoms with Crippen LogP contribution in [0.2, 0.25) is 0 Å². The summed E-state index contributed by atoms with van der Waals surface area (Å²) in [6.45, 7) is 5.59. The molecule has 0 atom stereocenters. The minimum atomic E-state index is -0.344. The molecule has 2 N–H and O–H groups in total. The van der Waals surface area contributed by atoms with E-state index in [0.29, 0.717) is 19.1 Å². The summed E-state index contributed by atoms with van der Waals surface area (Å²) in [6, 6.07) is 7.08. The molecule has 0 saturated heterocycles. The highest BCUT2D eigenvalue weighted by Gasteiger charge is 2.06. The topological polar surface area (TPSA) is 45.6 Å². The maximum absolute atomic E-state index is 13.8. The molecule has 0 radical (unpaired) electrons. The number of halogens is 1. The van der Waals surface area contributed by atoms with E-state index < -0.39 is 0 Å². The molecule has 0 aliphatic carbocycles. The second kappa shape index (κ2) is 8.53. The van der Waals surface area contributed by atoms with Crippen LogP contribution in [-0.2, 0) is 13.1 Å². The van der Waals surface area contributed by atoms with Crippen molar-refractivity contribution < 1.29 is 9.13 Å². The Balaban J connectivity index is 1.88. The number of aliphatic imine (C=N–C) groups is 1. The Hall–Kier alpha value is -2.08. The molecule has 0 fully saturated rings. The second-order valence-electron chi connectivity index (χ2n) is 5.00. The fourth-order valence-electron chi connectivity index (χ4n) is 2.08. The van der Waals surface area contributed by atoms with Crippen molar-refractivity contribution in [1.82, 2.24) is 10.6 Å². The molecule has 23 heavy (non-hydrogen) atoms. The third-order valence-corrected chi connectivity index (χ3v) is 4.39. The Morgan fingerprint density at radius 1 is 1.26 bits per heavy atom. The van der Waals surface area contributed by atoms with E-state index in [0.717, 1.165) is 12.1 Å². The molecule has 0 amide bonds. The van der Waals surface area contributed by atoms with Gasteiger partial charge < -0.3 is 15.4 Å². The fraction of sp³-hybridized carbons (Fsp3) is 0.353.